The van der Waals surface area contributed by atoms with Crippen molar-refractivity contribution in [2.75, 3.05) is 11.4 Å². The molecule has 19 heavy (non-hydrogen) atoms. The Hall–Kier alpha value is -2.18. The van der Waals surface area contributed by atoms with E-state index in [2.05, 4.69) is 4.98 Å². The largest absolute Gasteiger partial charge is 0.478 e. The van der Waals surface area contributed by atoms with Gasteiger partial charge in [-0.3, -0.25) is 10.1 Å². The molecule has 0 radical (unpaired) electrons. The third-order valence-electron chi connectivity index (χ3n) is 3.37. The molecule has 7 heteroatoms. The van der Waals surface area contributed by atoms with Gasteiger partial charge < -0.3 is 10.0 Å². The normalized spacial score (nSPS) is 19.2. The Balaban J connectivity index is 2.44. The summed E-state index contributed by atoms with van der Waals surface area (Å²) in [7, 11) is 0. The van der Waals surface area contributed by atoms with Gasteiger partial charge in [0.1, 0.15) is 17.6 Å². The standard InChI is InChI=1S/C12H15N3O4/c1-8-4-2-3-5-14(8)11-10(12(16)17)6-9(7-13-11)15(18)19/h6-8H,2-5H2,1H3,(H,16,17). The highest BCUT2D eigenvalue weighted by Gasteiger charge is 2.26. The van der Waals surface area contributed by atoms with Crippen LogP contribution in [0.5, 0.6) is 0 Å². The fraction of sp³-hybridized carbons (Fsp3) is 0.500. The van der Waals surface area contributed by atoms with Gasteiger partial charge in [-0.2, -0.15) is 0 Å². The van der Waals surface area contributed by atoms with Gasteiger partial charge in [-0.05, 0) is 26.2 Å². The summed E-state index contributed by atoms with van der Waals surface area (Å²) in [6.45, 7) is 2.74. The summed E-state index contributed by atoms with van der Waals surface area (Å²) >= 11 is 0. The minimum absolute atomic E-state index is 0.108. The van der Waals surface area contributed by atoms with E-state index in [-0.39, 0.29) is 17.3 Å². The van der Waals surface area contributed by atoms with Gasteiger partial charge in [-0.15, -0.1) is 0 Å². The van der Waals surface area contributed by atoms with Gasteiger partial charge in [0.25, 0.3) is 5.69 Å². The maximum atomic E-state index is 11.3. The molecule has 1 unspecified atom stereocenters. The van der Waals surface area contributed by atoms with E-state index in [1.165, 1.54) is 0 Å². The number of rotatable bonds is 3. The van der Waals surface area contributed by atoms with Crippen LogP contribution in [0.3, 0.4) is 0 Å². The van der Waals surface area contributed by atoms with E-state index in [1.54, 1.807) is 0 Å². The molecule has 0 saturated carbocycles. The van der Waals surface area contributed by atoms with Gasteiger partial charge >= 0.3 is 5.97 Å². The summed E-state index contributed by atoms with van der Waals surface area (Å²) in [6.07, 6.45) is 4.16. The number of carboxylic acid groups (broad SMARTS) is 1. The molecule has 1 fully saturated rings. The average molecular weight is 265 g/mol. The molecule has 2 rings (SSSR count). The summed E-state index contributed by atoms with van der Waals surface area (Å²) in [5.74, 6) is -0.866. The third-order valence-corrected chi connectivity index (χ3v) is 3.37. The van der Waals surface area contributed by atoms with Gasteiger partial charge in [-0.25, -0.2) is 9.78 Å². The lowest BCUT2D eigenvalue weighted by molar-refractivity contribution is -0.385. The van der Waals surface area contributed by atoms with Crippen LogP contribution < -0.4 is 4.90 Å². The smallest absolute Gasteiger partial charge is 0.339 e. The lowest BCUT2D eigenvalue weighted by atomic mass is 10.0. The molecule has 1 aliphatic heterocycles. The maximum Gasteiger partial charge on any atom is 0.339 e. The van der Waals surface area contributed by atoms with Crippen molar-refractivity contribution < 1.29 is 14.8 Å². The second-order valence-electron chi connectivity index (χ2n) is 4.67. The van der Waals surface area contributed by atoms with E-state index < -0.39 is 10.9 Å². The fourth-order valence-corrected chi connectivity index (χ4v) is 2.35. The number of nitrogens with zero attached hydrogens (tertiary/aromatic N) is 3. The van der Waals surface area contributed by atoms with Crippen molar-refractivity contribution in [1.82, 2.24) is 4.98 Å². The second kappa shape index (κ2) is 5.21. The molecular formula is C12H15N3O4. The monoisotopic (exact) mass is 265 g/mol. The SMILES string of the molecule is CC1CCCCN1c1ncc([N+](=O)[O-])cc1C(=O)O. The third kappa shape index (κ3) is 2.64. The van der Waals surface area contributed by atoms with E-state index in [1.807, 2.05) is 11.8 Å². The first kappa shape index (κ1) is 13.3. The second-order valence-corrected chi connectivity index (χ2v) is 4.67. The summed E-state index contributed by atoms with van der Waals surface area (Å²) < 4.78 is 0. The minimum Gasteiger partial charge on any atom is -0.478 e. The molecule has 1 aromatic heterocycles. The number of carbonyl (C=O) groups is 1. The van der Waals surface area contributed by atoms with Crippen LogP contribution in [0.15, 0.2) is 12.3 Å². The van der Waals surface area contributed by atoms with Gasteiger partial charge in [-0.1, -0.05) is 0 Å². The van der Waals surface area contributed by atoms with E-state index in [4.69, 9.17) is 0 Å². The number of anilines is 1. The number of carboxylic acids is 1. The van der Waals surface area contributed by atoms with Gasteiger partial charge in [0.2, 0.25) is 0 Å². The maximum absolute atomic E-state index is 11.3. The number of nitro groups is 1. The van der Waals surface area contributed by atoms with Crippen LogP contribution in [0.1, 0.15) is 36.5 Å². The van der Waals surface area contributed by atoms with Gasteiger partial charge in [0.05, 0.1) is 4.92 Å². The first-order chi connectivity index (χ1) is 9.00. The molecule has 102 valence electrons. The molecule has 1 N–H and O–H groups in total. The van der Waals surface area contributed by atoms with Crippen LogP contribution in [0.4, 0.5) is 11.5 Å². The Morgan fingerprint density at radius 1 is 1.58 bits per heavy atom. The van der Waals surface area contributed by atoms with Crippen molar-refractivity contribution in [3.63, 3.8) is 0 Å². The topological polar surface area (TPSA) is 96.6 Å². The molecule has 1 saturated heterocycles. The first-order valence-corrected chi connectivity index (χ1v) is 6.15. The molecular weight excluding hydrogens is 250 g/mol. The van der Waals surface area contributed by atoms with E-state index >= 15 is 0 Å². The van der Waals surface area contributed by atoms with Crippen LogP contribution >= 0.6 is 0 Å². The first-order valence-electron chi connectivity index (χ1n) is 6.15. The lowest BCUT2D eigenvalue weighted by Crippen LogP contribution is -2.39. The van der Waals surface area contributed by atoms with Crippen LogP contribution in [0.25, 0.3) is 0 Å². The number of hydrogen-bond acceptors (Lipinski definition) is 5. The highest BCUT2D eigenvalue weighted by Crippen LogP contribution is 2.28. The van der Waals surface area contributed by atoms with E-state index in [9.17, 15) is 20.0 Å². The number of pyridine rings is 1. The highest BCUT2D eigenvalue weighted by atomic mass is 16.6. The van der Waals surface area contributed by atoms with Crippen molar-refractivity contribution in [2.45, 2.75) is 32.2 Å². The molecule has 0 spiro atoms. The quantitative estimate of drug-likeness (QED) is 0.663. The van der Waals surface area contributed by atoms with Gasteiger partial charge in [0.15, 0.2) is 0 Å². The zero-order valence-electron chi connectivity index (χ0n) is 10.6. The number of aromatic carboxylic acids is 1. The minimum atomic E-state index is -1.19. The Morgan fingerprint density at radius 2 is 2.32 bits per heavy atom. The molecule has 0 aromatic carbocycles. The van der Waals surface area contributed by atoms with Crippen molar-refractivity contribution >= 4 is 17.5 Å². The van der Waals surface area contributed by atoms with Gasteiger partial charge in [0, 0.05) is 18.7 Å². The van der Waals surface area contributed by atoms with Crippen LogP contribution in [0.2, 0.25) is 0 Å². The molecule has 7 nitrogen and oxygen atoms in total. The number of aromatic nitrogens is 1. The molecule has 0 amide bonds. The molecule has 2 heterocycles. The molecule has 0 bridgehead atoms. The molecule has 1 aromatic rings. The van der Waals surface area contributed by atoms with Crippen LogP contribution in [-0.4, -0.2) is 33.6 Å². The molecule has 1 aliphatic rings. The summed E-state index contributed by atoms with van der Waals surface area (Å²) in [5.41, 5.74) is -0.409. The van der Waals surface area contributed by atoms with E-state index in [0.29, 0.717) is 5.82 Å². The van der Waals surface area contributed by atoms with Crippen molar-refractivity contribution in [1.29, 1.82) is 0 Å². The van der Waals surface area contributed by atoms with Crippen molar-refractivity contribution in [3.05, 3.63) is 27.9 Å². The van der Waals surface area contributed by atoms with Crippen LogP contribution in [-0.2, 0) is 0 Å². The summed E-state index contributed by atoms with van der Waals surface area (Å²) in [6, 6.07) is 1.27. The Labute approximate surface area is 110 Å². The Bertz CT molecular complexity index is 518. The lowest BCUT2D eigenvalue weighted by Gasteiger charge is -2.34. The zero-order valence-corrected chi connectivity index (χ0v) is 10.6. The summed E-state index contributed by atoms with van der Waals surface area (Å²) in [4.78, 5) is 27.2. The number of piperidine rings is 1. The van der Waals surface area contributed by atoms with Crippen molar-refractivity contribution in [3.8, 4) is 0 Å². The fourth-order valence-electron chi connectivity index (χ4n) is 2.35. The molecule has 0 aliphatic carbocycles. The molecule has 1 atom stereocenters. The highest BCUT2D eigenvalue weighted by molar-refractivity contribution is 5.94. The van der Waals surface area contributed by atoms with Crippen LogP contribution in [0, 0.1) is 10.1 Å². The zero-order chi connectivity index (χ0) is 14.0. The Kier molecular flexibility index (Phi) is 3.64. The van der Waals surface area contributed by atoms with Crippen molar-refractivity contribution in [2.24, 2.45) is 0 Å². The number of hydrogen-bond donors (Lipinski definition) is 1. The summed E-state index contributed by atoms with van der Waals surface area (Å²) in [5, 5.41) is 19.9. The predicted octanol–water partition coefficient (Wildman–Crippen LogP) is 2.07. The predicted molar refractivity (Wildman–Crippen MR) is 68.5 cm³/mol. The van der Waals surface area contributed by atoms with E-state index in [0.717, 1.165) is 38.1 Å². The Morgan fingerprint density at radius 3 is 2.89 bits per heavy atom. The average Bonchev–Trinajstić information content (AvgIpc) is 2.38.